The van der Waals surface area contributed by atoms with E-state index in [0.717, 1.165) is 6.26 Å². The SMILES string of the molecule is CC(C)(C)OC(=O)NCC(c1ccc(Cl)cc1Cl)n1nc(Br)cc1COS(C)(=O)=O. The number of amides is 1. The van der Waals surface area contributed by atoms with Gasteiger partial charge in [0, 0.05) is 16.6 Å². The van der Waals surface area contributed by atoms with E-state index in [1.54, 1.807) is 45.0 Å². The fraction of sp³-hybridized carbons (Fsp3) is 0.444. The molecule has 1 aromatic carbocycles. The summed E-state index contributed by atoms with van der Waals surface area (Å²) in [6.07, 6.45) is 0.345. The predicted octanol–water partition coefficient (Wildman–Crippen LogP) is 4.54. The monoisotopic (exact) mass is 541 g/mol. The predicted molar refractivity (Wildman–Crippen MR) is 118 cm³/mol. The van der Waals surface area contributed by atoms with Crippen LogP contribution in [0.5, 0.6) is 0 Å². The second-order valence-corrected chi connectivity index (χ2v) is 10.7. The zero-order chi connectivity index (χ0) is 22.7. The van der Waals surface area contributed by atoms with Crippen molar-refractivity contribution in [1.29, 1.82) is 0 Å². The first-order valence-electron chi connectivity index (χ1n) is 8.75. The highest BCUT2D eigenvalue weighted by Crippen LogP contribution is 2.30. The smallest absolute Gasteiger partial charge is 0.407 e. The van der Waals surface area contributed by atoms with Gasteiger partial charge in [0.2, 0.25) is 0 Å². The van der Waals surface area contributed by atoms with Crippen LogP contribution in [0.25, 0.3) is 0 Å². The molecule has 2 rings (SSSR count). The van der Waals surface area contributed by atoms with Crippen molar-refractivity contribution in [2.24, 2.45) is 0 Å². The third-order valence-electron chi connectivity index (χ3n) is 3.66. The van der Waals surface area contributed by atoms with Gasteiger partial charge >= 0.3 is 6.09 Å². The molecule has 0 fully saturated rings. The highest BCUT2D eigenvalue weighted by molar-refractivity contribution is 9.10. The van der Waals surface area contributed by atoms with Crippen molar-refractivity contribution in [3.63, 3.8) is 0 Å². The van der Waals surface area contributed by atoms with E-state index >= 15 is 0 Å². The van der Waals surface area contributed by atoms with E-state index in [-0.39, 0.29) is 13.2 Å². The molecular formula is C18H22BrCl2N3O5S. The largest absolute Gasteiger partial charge is 0.444 e. The van der Waals surface area contributed by atoms with Gasteiger partial charge in [0.05, 0.1) is 18.0 Å². The molecule has 0 bridgehead atoms. The number of rotatable bonds is 7. The molecule has 1 unspecified atom stereocenters. The van der Waals surface area contributed by atoms with Crippen molar-refractivity contribution < 1.29 is 22.1 Å². The summed E-state index contributed by atoms with van der Waals surface area (Å²) >= 11 is 15.7. The van der Waals surface area contributed by atoms with E-state index in [0.29, 0.717) is 25.9 Å². The Bertz CT molecular complexity index is 1020. The fourth-order valence-electron chi connectivity index (χ4n) is 2.54. The molecule has 1 N–H and O–H groups in total. The third kappa shape index (κ3) is 7.73. The Morgan fingerprint density at radius 2 is 1.97 bits per heavy atom. The van der Waals surface area contributed by atoms with Crippen LogP contribution < -0.4 is 5.32 Å². The van der Waals surface area contributed by atoms with Crippen molar-refractivity contribution in [3.05, 3.63) is 50.2 Å². The van der Waals surface area contributed by atoms with Gasteiger partial charge in [0.25, 0.3) is 10.1 Å². The summed E-state index contributed by atoms with van der Waals surface area (Å²) in [4.78, 5) is 12.2. The Labute approximate surface area is 194 Å². The maximum Gasteiger partial charge on any atom is 0.407 e. The molecule has 1 aromatic heterocycles. The first kappa shape index (κ1) is 24.9. The molecule has 0 aliphatic carbocycles. The molecule has 1 amide bonds. The second-order valence-electron chi connectivity index (χ2n) is 7.43. The van der Waals surface area contributed by atoms with Gasteiger partial charge in [-0.2, -0.15) is 13.5 Å². The minimum Gasteiger partial charge on any atom is -0.444 e. The topological polar surface area (TPSA) is 99.5 Å². The molecule has 30 heavy (non-hydrogen) atoms. The van der Waals surface area contributed by atoms with Gasteiger partial charge in [-0.3, -0.25) is 8.86 Å². The minimum absolute atomic E-state index is 0.0657. The molecule has 0 saturated carbocycles. The van der Waals surface area contributed by atoms with Crippen molar-refractivity contribution >= 4 is 55.3 Å². The summed E-state index contributed by atoms with van der Waals surface area (Å²) in [6, 6.07) is 5.98. The van der Waals surface area contributed by atoms with Crippen LogP contribution in [0.15, 0.2) is 28.9 Å². The molecule has 2 aromatic rings. The number of alkyl carbamates (subject to hydrolysis) is 1. The van der Waals surface area contributed by atoms with Crippen LogP contribution in [0.1, 0.15) is 38.1 Å². The van der Waals surface area contributed by atoms with E-state index in [9.17, 15) is 13.2 Å². The molecule has 0 spiro atoms. The lowest BCUT2D eigenvalue weighted by atomic mass is 10.1. The summed E-state index contributed by atoms with van der Waals surface area (Å²) in [5.41, 5.74) is 0.406. The summed E-state index contributed by atoms with van der Waals surface area (Å²) in [5, 5.41) is 7.89. The number of carbonyl (C=O) groups is 1. The van der Waals surface area contributed by atoms with Gasteiger partial charge in [-0.1, -0.05) is 29.3 Å². The number of hydrogen-bond donors (Lipinski definition) is 1. The van der Waals surface area contributed by atoms with Crippen molar-refractivity contribution in [1.82, 2.24) is 15.1 Å². The second kappa shape index (κ2) is 9.86. The quantitative estimate of drug-likeness (QED) is 0.515. The van der Waals surface area contributed by atoms with Gasteiger partial charge in [0.1, 0.15) is 16.8 Å². The van der Waals surface area contributed by atoms with Crippen LogP contribution in [0.4, 0.5) is 4.79 Å². The number of nitrogens with zero attached hydrogens (tertiary/aromatic N) is 2. The van der Waals surface area contributed by atoms with Crippen LogP contribution in [-0.2, 0) is 25.6 Å². The number of benzene rings is 1. The molecule has 1 atom stereocenters. The molecule has 12 heteroatoms. The Morgan fingerprint density at radius 1 is 1.30 bits per heavy atom. The lowest BCUT2D eigenvalue weighted by Crippen LogP contribution is -2.37. The van der Waals surface area contributed by atoms with Gasteiger partial charge in [-0.05, 0) is 60.5 Å². The van der Waals surface area contributed by atoms with Crippen LogP contribution in [-0.4, -0.2) is 42.7 Å². The first-order valence-corrected chi connectivity index (χ1v) is 12.1. The van der Waals surface area contributed by atoms with E-state index < -0.39 is 27.9 Å². The Morgan fingerprint density at radius 3 is 2.53 bits per heavy atom. The summed E-state index contributed by atoms with van der Waals surface area (Å²) in [5.74, 6) is 0. The molecule has 0 aliphatic rings. The normalized spacial score (nSPS) is 13.2. The van der Waals surface area contributed by atoms with Gasteiger partial charge < -0.3 is 10.1 Å². The zero-order valence-corrected chi connectivity index (χ0v) is 20.7. The lowest BCUT2D eigenvalue weighted by Gasteiger charge is -2.24. The number of ether oxygens (including phenoxy) is 1. The van der Waals surface area contributed by atoms with Crippen LogP contribution in [0, 0.1) is 0 Å². The highest BCUT2D eigenvalue weighted by atomic mass is 79.9. The molecule has 166 valence electrons. The third-order valence-corrected chi connectivity index (χ3v) is 5.16. The minimum atomic E-state index is -3.67. The molecule has 8 nitrogen and oxygen atoms in total. The average Bonchev–Trinajstić information content (AvgIpc) is 2.93. The fourth-order valence-corrected chi connectivity index (χ4v) is 3.84. The van der Waals surface area contributed by atoms with E-state index in [1.807, 2.05) is 0 Å². The molecular weight excluding hydrogens is 521 g/mol. The number of carbonyl (C=O) groups excluding carboxylic acids is 1. The lowest BCUT2D eigenvalue weighted by molar-refractivity contribution is 0.0521. The van der Waals surface area contributed by atoms with Gasteiger partial charge in [-0.25, -0.2) is 4.79 Å². The first-order chi connectivity index (χ1) is 13.7. The Hall–Kier alpha value is -1.33. The maximum atomic E-state index is 12.2. The summed E-state index contributed by atoms with van der Waals surface area (Å²) in [7, 11) is -3.67. The number of aromatic nitrogens is 2. The average molecular weight is 543 g/mol. The summed E-state index contributed by atoms with van der Waals surface area (Å²) < 4.78 is 35.1. The number of hydrogen-bond acceptors (Lipinski definition) is 6. The zero-order valence-electron chi connectivity index (χ0n) is 16.8. The van der Waals surface area contributed by atoms with Crippen molar-refractivity contribution in [3.8, 4) is 0 Å². The van der Waals surface area contributed by atoms with Crippen LogP contribution in [0.2, 0.25) is 10.0 Å². The molecule has 1 heterocycles. The Balaban J connectivity index is 2.40. The molecule has 0 radical (unpaired) electrons. The maximum absolute atomic E-state index is 12.2. The van der Waals surface area contributed by atoms with Crippen molar-refractivity contribution in [2.45, 2.75) is 39.0 Å². The van der Waals surface area contributed by atoms with E-state index in [2.05, 4.69) is 26.3 Å². The Kier molecular flexibility index (Phi) is 8.20. The highest BCUT2D eigenvalue weighted by Gasteiger charge is 2.24. The molecule has 0 saturated heterocycles. The van der Waals surface area contributed by atoms with E-state index in [4.69, 9.17) is 32.1 Å². The van der Waals surface area contributed by atoms with Crippen molar-refractivity contribution in [2.75, 3.05) is 12.8 Å². The van der Waals surface area contributed by atoms with Gasteiger partial charge in [-0.15, -0.1) is 0 Å². The number of halogens is 3. The standard InChI is InChI=1S/C18H22BrCl2N3O5S/c1-18(2,3)29-17(25)22-9-15(13-6-5-11(20)7-14(13)21)24-12(8-16(19)23-24)10-28-30(4,26)27/h5-8,15H,9-10H2,1-4H3,(H,22,25). The number of nitrogens with one attached hydrogen (secondary N) is 1. The van der Waals surface area contributed by atoms with E-state index in [1.165, 1.54) is 4.68 Å². The summed E-state index contributed by atoms with van der Waals surface area (Å²) in [6.45, 7) is 5.09. The van der Waals surface area contributed by atoms with Crippen LogP contribution >= 0.6 is 39.1 Å². The van der Waals surface area contributed by atoms with Gasteiger partial charge in [0.15, 0.2) is 0 Å². The van der Waals surface area contributed by atoms with Crippen LogP contribution in [0.3, 0.4) is 0 Å². The molecule has 0 aliphatic heterocycles.